The number of hydrogen-bond acceptors (Lipinski definition) is 4. The van der Waals surface area contributed by atoms with Crippen molar-refractivity contribution in [2.45, 2.75) is 65.0 Å². The van der Waals surface area contributed by atoms with Gasteiger partial charge in [-0.1, -0.05) is 13.8 Å². The molecule has 0 saturated heterocycles. The monoisotopic (exact) mass is 291 g/mol. The number of nitrogens with one attached hydrogen (secondary N) is 1. The summed E-state index contributed by atoms with van der Waals surface area (Å²) in [5.41, 5.74) is 1.96. The Morgan fingerprint density at radius 1 is 1.43 bits per heavy atom. The van der Waals surface area contributed by atoms with Crippen LogP contribution in [0.5, 0.6) is 0 Å². The Morgan fingerprint density at radius 3 is 2.62 bits per heavy atom. The first-order valence-electron chi connectivity index (χ1n) is 8.15. The summed E-state index contributed by atoms with van der Waals surface area (Å²) >= 11 is 0. The van der Waals surface area contributed by atoms with Gasteiger partial charge in [0.2, 0.25) is 0 Å². The van der Waals surface area contributed by atoms with E-state index in [0.717, 1.165) is 36.8 Å². The van der Waals surface area contributed by atoms with E-state index < -0.39 is 0 Å². The molecular weight excluding hydrogens is 262 g/mol. The van der Waals surface area contributed by atoms with E-state index in [1.54, 1.807) is 7.11 Å². The summed E-state index contributed by atoms with van der Waals surface area (Å²) in [7, 11) is 1.80. The van der Waals surface area contributed by atoms with Crippen molar-refractivity contribution < 1.29 is 4.74 Å². The predicted octanol–water partition coefficient (Wildman–Crippen LogP) is 3.51. The highest BCUT2D eigenvalue weighted by Crippen LogP contribution is 2.40. The summed E-state index contributed by atoms with van der Waals surface area (Å²) in [5, 5.41) is 3.42. The van der Waals surface area contributed by atoms with E-state index in [9.17, 15) is 0 Å². The van der Waals surface area contributed by atoms with E-state index in [1.165, 1.54) is 18.4 Å². The lowest BCUT2D eigenvalue weighted by Gasteiger charge is -2.37. The highest BCUT2D eigenvalue weighted by atomic mass is 16.5. The minimum atomic E-state index is -0.281. The first-order chi connectivity index (χ1) is 10.0. The maximum absolute atomic E-state index is 5.88. The number of aryl methyl sites for hydroxylation is 1. The quantitative estimate of drug-likeness (QED) is 0.902. The van der Waals surface area contributed by atoms with Crippen molar-refractivity contribution >= 4 is 0 Å². The standard InChI is InChI=1S/C17H29N3O/c1-6-18-13(3)15-11-19-16(20-14(15)4)17(21-5)9-7-12(2)8-10-17/h11-13,18H,6-10H2,1-5H3. The molecule has 1 fully saturated rings. The lowest BCUT2D eigenvalue weighted by atomic mass is 9.79. The second kappa shape index (κ2) is 6.84. The van der Waals surface area contributed by atoms with Crippen LogP contribution in [0.2, 0.25) is 0 Å². The van der Waals surface area contributed by atoms with Crippen LogP contribution in [0.3, 0.4) is 0 Å². The number of ether oxygens (including phenoxy) is 1. The fourth-order valence-corrected chi connectivity index (χ4v) is 3.28. The average Bonchev–Trinajstić information content (AvgIpc) is 2.48. The van der Waals surface area contributed by atoms with Gasteiger partial charge in [-0.05, 0) is 52.0 Å². The third kappa shape index (κ3) is 3.43. The second-order valence-corrected chi connectivity index (χ2v) is 6.39. The van der Waals surface area contributed by atoms with Crippen molar-refractivity contribution in [3.63, 3.8) is 0 Å². The van der Waals surface area contributed by atoms with Crippen LogP contribution in [0.1, 0.15) is 69.6 Å². The smallest absolute Gasteiger partial charge is 0.160 e. The lowest BCUT2D eigenvalue weighted by Crippen LogP contribution is -2.35. The van der Waals surface area contributed by atoms with Gasteiger partial charge in [-0.3, -0.25) is 0 Å². The van der Waals surface area contributed by atoms with E-state index in [2.05, 4.69) is 38.0 Å². The molecule has 0 radical (unpaired) electrons. The maximum atomic E-state index is 5.88. The van der Waals surface area contributed by atoms with Gasteiger partial charge >= 0.3 is 0 Å². The SMILES string of the molecule is CCNC(C)c1cnc(C2(OC)CCC(C)CC2)nc1C. The van der Waals surface area contributed by atoms with E-state index in [-0.39, 0.29) is 11.6 Å². The third-order valence-corrected chi connectivity index (χ3v) is 4.87. The molecule has 4 heteroatoms. The normalized spacial score (nSPS) is 27.6. The minimum absolute atomic E-state index is 0.281. The Kier molecular flexibility index (Phi) is 5.33. The molecule has 1 aromatic rings. The molecule has 0 aliphatic heterocycles. The van der Waals surface area contributed by atoms with Gasteiger partial charge in [0.1, 0.15) is 5.60 Å². The van der Waals surface area contributed by atoms with Crippen LogP contribution < -0.4 is 5.32 Å². The molecule has 2 rings (SSSR count). The zero-order valence-corrected chi connectivity index (χ0v) is 14.1. The molecular formula is C17H29N3O. The molecule has 1 aliphatic carbocycles. The topological polar surface area (TPSA) is 47.0 Å². The number of nitrogens with zero attached hydrogens (tertiary/aromatic N) is 2. The van der Waals surface area contributed by atoms with Gasteiger partial charge in [0.15, 0.2) is 5.82 Å². The highest BCUT2D eigenvalue weighted by molar-refractivity contribution is 5.22. The van der Waals surface area contributed by atoms with E-state index in [1.807, 2.05) is 6.20 Å². The maximum Gasteiger partial charge on any atom is 0.160 e. The molecule has 118 valence electrons. The summed E-state index contributed by atoms with van der Waals surface area (Å²) in [5.74, 6) is 1.64. The Labute approximate surface area is 128 Å². The molecule has 1 N–H and O–H groups in total. The summed E-state index contributed by atoms with van der Waals surface area (Å²) < 4.78 is 5.88. The third-order valence-electron chi connectivity index (χ3n) is 4.87. The number of methoxy groups -OCH3 is 1. The minimum Gasteiger partial charge on any atom is -0.370 e. The number of aromatic nitrogens is 2. The molecule has 0 spiro atoms. The second-order valence-electron chi connectivity index (χ2n) is 6.39. The van der Waals surface area contributed by atoms with Gasteiger partial charge in [-0.15, -0.1) is 0 Å². The zero-order chi connectivity index (χ0) is 15.5. The van der Waals surface area contributed by atoms with Gasteiger partial charge < -0.3 is 10.1 Å². The fourth-order valence-electron chi connectivity index (χ4n) is 3.28. The fraction of sp³-hybridized carbons (Fsp3) is 0.765. The molecule has 1 aliphatic rings. The Hall–Kier alpha value is -1.00. The largest absolute Gasteiger partial charge is 0.370 e. The van der Waals surface area contributed by atoms with Crippen molar-refractivity contribution in [2.75, 3.05) is 13.7 Å². The molecule has 4 nitrogen and oxygen atoms in total. The highest BCUT2D eigenvalue weighted by Gasteiger charge is 2.38. The lowest BCUT2D eigenvalue weighted by molar-refractivity contribution is -0.0599. The van der Waals surface area contributed by atoms with Gasteiger partial charge in [-0.25, -0.2) is 9.97 Å². The van der Waals surface area contributed by atoms with Crippen LogP contribution in [0.4, 0.5) is 0 Å². The Bertz CT molecular complexity index is 467. The van der Waals surface area contributed by atoms with Crippen LogP contribution in [-0.4, -0.2) is 23.6 Å². The van der Waals surface area contributed by atoms with Crippen LogP contribution in [0.15, 0.2) is 6.20 Å². The van der Waals surface area contributed by atoms with Crippen molar-refractivity contribution in [1.82, 2.24) is 15.3 Å². The molecule has 0 bridgehead atoms. The van der Waals surface area contributed by atoms with Crippen molar-refractivity contribution in [3.05, 3.63) is 23.3 Å². The van der Waals surface area contributed by atoms with Gasteiger partial charge in [0, 0.05) is 30.6 Å². The summed E-state index contributed by atoms with van der Waals surface area (Å²) in [6.45, 7) is 9.60. The van der Waals surface area contributed by atoms with Crippen LogP contribution in [0.25, 0.3) is 0 Å². The molecule has 1 aromatic heterocycles. The summed E-state index contributed by atoms with van der Waals surface area (Å²) in [6.07, 6.45) is 6.39. The molecule has 1 atom stereocenters. The molecule has 0 amide bonds. The average molecular weight is 291 g/mol. The zero-order valence-electron chi connectivity index (χ0n) is 14.1. The van der Waals surface area contributed by atoms with E-state index >= 15 is 0 Å². The first kappa shape index (κ1) is 16.4. The van der Waals surface area contributed by atoms with E-state index in [0.29, 0.717) is 0 Å². The number of rotatable bonds is 5. The number of hydrogen-bond donors (Lipinski definition) is 1. The summed E-state index contributed by atoms with van der Waals surface area (Å²) in [4.78, 5) is 9.45. The van der Waals surface area contributed by atoms with E-state index in [4.69, 9.17) is 9.72 Å². The van der Waals surface area contributed by atoms with Gasteiger partial charge in [-0.2, -0.15) is 0 Å². The Balaban J connectivity index is 2.26. The Morgan fingerprint density at radius 2 is 2.10 bits per heavy atom. The van der Waals surface area contributed by atoms with Gasteiger partial charge in [0.25, 0.3) is 0 Å². The molecule has 1 unspecified atom stereocenters. The molecule has 21 heavy (non-hydrogen) atoms. The molecule has 1 heterocycles. The summed E-state index contributed by atoms with van der Waals surface area (Å²) in [6, 6.07) is 0.286. The van der Waals surface area contributed by atoms with Crippen LogP contribution in [-0.2, 0) is 10.3 Å². The van der Waals surface area contributed by atoms with Crippen molar-refractivity contribution in [1.29, 1.82) is 0 Å². The van der Waals surface area contributed by atoms with Crippen LogP contribution >= 0.6 is 0 Å². The molecule has 1 saturated carbocycles. The van der Waals surface area contributed by atoms with Gasteiger partial charge in [0.05, 0.1) is 0 Å². The molecule has 0 aromatic carbocycles. The van der Waals surface area contributed by atoms with Crippen molar-refractivity contribution in [3.8, 4) is 0 Å². The van der Waals surface area contributed by atoms with Crippen molar-refractivity contribution in [2.24, 2.45) is 5.92 Å². The predicted molar refractivity (Wildman–Crippen MR) is 85.2 cm³/mol. The van der Waals surface area contributed by atoms with Crippen LogP contribution in [0, 0.1) is 12.8 Å². The first-order valence-corrected chi connectivity index (χ1v) is 8.15.